The third kappa shape index (κ3) is 4.72. The van der Waals surface area contributed by atoms with Gasteiger partial charge in [-0.2, -0.15) is 9.97 Å². The van der Waals surface area contributed by atoms with Crippen LogP contribution >= 0.6 is 0 Å². The van der Waals surface area contributed by atoms with Crippen molar-refractivity contribution in [3.8, 4) is 11.5 Å². The second-order valence-electron chi connectivity index (χ2n) is 9.68. The SMILES string of the molecule is Cc1nc(N)nc(-c2c(Nc3ccc4cccnc4c3)nc3ccc(N4CCN(C(=O)N(C)C)CC4)cn23)n1. The third-order valence-corrected chi connectivity index (χ3v) is 6.75. The molecule has 0 atom stereocenters. The van der Waals surface area contributed by atoms with Gasteiger partial charge in [0.15, 0.2) is 11.6 Å². The van der Waals surface area contributed by atoms with E-state index in [0.717, 1.165) is 41.0 Å². The van der Waals surface area contributed by atoms with E-state index in [0.29, 0.717) is 36.3 Å². The quantitative estimate of drug-likeness (QED) is 0.364. The van der Waals surface area contributed by atoms with Gasteiger partial charge in [0.05, 0.1) is 11.2 Å². The zero-order valence-electron chi connectivity index (χ0n) is 22.0. The van der Waals surface area contributed by atoms with Crippen molar-refractivity contribution >= 4 is 45.7 Å². The van der Waals surface area contributed by atoms with E-state index in [4.69, 9.17) is 10.7 Å². The molecule has 1 saturated heterocycles. The molecular weight excluding hydrogens is 494 g/mol. The van der Waals surface area contributed by atoms with Crippen LogP contribution < -0.4 is 16.0 Å². The molecule has 12 nitrogen and oxygen atoms in total. The number of amides is 2. The number of carbonyl (C=O) groups excluding carboxylic acids is 1. The Morgan fingerprint density at radius 1 is 1.00 bits per heavy atom. The van der Waals surface area contributed by atoms with Crippen LogP contribution in [0.15, 0.2) is 54.9 Å². The van der Waals surface area contributed by atoms with E-state index in [1.54, 1.807) is 32.1 Å². The molecule has 198 valence electrons. The fraction of sp³-hybridized carbons (Fsp3) is 0.259. The Hall–Kier alpha value is -5.00. The van der Waals surface area contributed by atoms with E-state index in [-0.39, 0.29) is 12.0 Å². The zero-order chi connectivity index (χ0) is 27.1. The van der Waals surface area contributed by atoms with Crippen molar-refractivity contribution in [2.75, 3.05) is 56.2 Å². The summed E-state index contributed by atoms with van der Waals surface area (Å²) in [6.07, 6.45) is 3.81. The predicted molar refractivity (Wildman–Crippen MR) is 151 cm³/mol. The summed E-state index contributed by atoms with van der Waals surface area (Å²) in [7, 11) is 3.55. The summed E-state index contributed by atoms with van der Waals surface area (Å²) in [5.74, 6) is 1.68. The summed E-state index contributed by atoms with van der Waals surface area (Å²) in [6, 6.07) is 14.0. The van der Waals surface area contributed by atoms with Crippen molar-refractivity contribution in [2.45, 2.75) is 6.92 Å². The molecule has 1 aromatic carbocycles. The van der Waals surface area contributed by atoms with Gasteiger partial charge in [-0.25, -0.2) is 14.8 Å². The number of aryl methyl sites for hydroxylation is 1. The highest BCUT2D eigenvalue weighted by molar-refractivity contribution is 5.85. The number of piperazine rings is 1. The lowest BCUT2D eigenvalue weighted by Gasteiger charge is -2.37. The van der Waals surface area contributed by atoms with Gasteiger partial charge in [-0.1, -0.05) is 12.1 Å². The minimum absolute atomic E-state index is 0.0319. The van der Waals surface area contributed by atoms with E-state index in [9.17, 15) is 4.79 Å². The van der Waals surface area contributed by atoms with E-state index in [1.807, 2.05) is 58.0 Å². The van der Waals surface area contributed by atoms with Crippen LogP contribution in [0, 0.1) is 6.92 Å². The average Bonchev–Trinajstić information content (AvgIpc) is 3.29. The molecule has 0 saturated carbocycles. The molecule has 6 rings (SSSR count). The van der Waals surface area contributed by atoms with Gasteiger partial charge in [-0.15, -0.1) is 0 Å². The van der Waals surface area contributed by atoms with Crippen LogP contribution in [-0.4, -0.2) is 85.4 Å². The fourth-order valence-electron chi connectivity index (χ4n) is 4.85. The molecule has 0 spiro atoms. The molecule has 1 aliphatic rings. The molecule has 39 heavy (non-hydrogen) atoms. The number of rotatable bonds is 4. The van der Waals surface area contributed by atoms with Crippen molar-refractivity contribution in [1.29, 1.82) is 0 Å². The molecule has 0 bridgehead atoms. The summed E-state index contributed by atoms with van der Waals surface area (Å²) < 4.78 is 1.97. The normalized spacial score (nSPS) is 13.7. The lowest BCUT2D eigenvalue weighted by molar-refractivity contribution is 0.168. The molecular formula is C27H29N11O. The number of nitrogens with two attached hydrogens (primary N) is 1. The monoisotopic (exact) mass is 523 g/mol. The molecule has 0 radical (unpaired) electrons. The minimum atomic E-state index is 0.0319. The Morgan fingerprint density at radius 3 is 2.59 bits per heavy atom. The third-order valence-electron chi connectivity index (χ3n) is 6.75. The van der Waals surface area contributed by atoms with Crippen LogP contribution in [0.5, 0.6) is 0 Å². The second kappa shape index (κ2) is 9.71. The van der Waals surface area contributed by atoms with E-state index >= 15 is 0 Å². The van der Waals surface area contributed by atoms with Gasteiger partial charge in [0.25, 0.3) is 0 Å². The first-order valence-electron chi connectivity index (χ1n) is 12.7. The first kappa shape index (κ1) is 24.3. The zero-order valence-corrected chi connectivity index (χ0v) is 22.0. The van der Waals surface area contributed by atoms with E-state index in [2.05, 4.69) is 30.2 Å². The predicted octanol–water partition coefficient (Wildman–Crippen LogP) is 3.17. The molecule has 2 amide bonds. The molecule has 1 fully saturated rings. The molecule has 4 aromatic heterocycles. The van der Waals surface area contributed by atoms with Gasteiger partial charge in [-0.3, -0.25) is 9.38 Å². The molecule has 0 unspecified atom stereocenters. The van der Waals surface area contributed by atoms with Crippen molar-refractivity contribution in [1.82, 2.24) is 39.1 Å². The molecule has 3 N–H and O–H groups in total. The number of hydrogen-bond donors (Lipinski definition) is 2. The number of nitrogens with zero attached hydrogens (tertiary/aromatic N) is 9. The van der Waals surface area contributed by atoms with Gasteiger partial charge >= 0.3 is 6.03 Å². The van der Waals surface area contributed by atoms with Crippen LogP contribution in [0.4, 0.5) is 27.9 Å². The van der Waals surface area contributed by atoms with Crippen LogP contribution in [0.25, 0.3) is 28.1 Å². The lowest BCUT2D eigenvalue weighted by Crippen LogP contribution is -2.51. The Bertz CT molecular complexity index is 1670. The van der Waals surface area contributed by atoms with E-state index in [1.165, 1.54) is 0 Å². The van der Waals surface area contributed by atoms with Crippen LogP contribution in [-0.2, 0) is 0 Å². The minimum Gasteiger partial charge on any atom is -0.368 e. The van der Waals surface area contributed by atoms with E-state index < -0.39 is 0 Å². The average molecular weight is 524 g/mol. The highest BCUT2D eigenvalue weighted by Crippen LogP contribution is 2.32. The van der Waals surface area contributed by atoms with Crippen LogP contribution in [0.2, 0.25) is 0 Å². The number of nitrogen functional groups attached to an aromatic ring is 1. The van der Waals surface area contributed by atoms with Gasteiger partial charge in [0.2, 0.25) is 5.95 Å². The number of pyridine rings is 2. The summed E-state index contributed by atoms with van der Waals surface area (Å²) in [4.78, 5) is 40.7. The number of carbonyl (C=O) groups is 1. The number of imidazole rings is 1. The molecule has 1 aliphatic heterocycles. The topological polar surface area (TPSA) is 134 Å². The number of nitrogens with one attached hydrogen (secondary N) is 1. The maximum atomic E-state index is 12.4. The molecule has 12 heteroatoms. The van der Waals surface area contributed by atoms with Gasteiger partial charge in [-0.05, 0) is 37.3 Å². The summed E-state index contributed by atoms with van der Waals surface area (Å²) in [5, 5.41) is 4.50. The molecule has 5 aromatic rings. The van der Waals surface area contributed by atoms with Crippen molar-refractivity contribution in [2.24, 2.45) is 0 Å². The summed E-state index contributed by atoms with van der Waals surface area (Å²) in [5.41, 5.74) is 10.1. The van der Waals surface area contributed by atoms with Crippen molar-refractivity contribution in [3.63, 3.8) is 0 Å². The second-order valence-corrected chi connectivity index (χ2v) is 9.68. The Labute approximate surface area is 225 Å². The number of benzene rings is 1. The van der Waals surface area contributed by atoms with Gasteiger partial charge in [0.1, 0.15) is 17.2 Å². The lowest BCUT2D eigenvalue weighted by atomic mass is 10.2. The van der Waals surface area contributed by atoms with Crippen LogP contribution in [0.1, 0.15) is 5.82 Å². The maximum absolute atomic E-state index is 12.4. The van der Waals surface area contributed by atoms with Gasteiger partial charge < -0.3 is 25.8 Å². The van der Waals surface area contributed by atoms with Gasteiger partial charge in [0, 0.05) is 63.7 Å². The largest absolute Gasteiger partial charge is 0.368 e. The Balaban J connectivity index is 1.39. The highest BCUT2D eigenvalue weighted by atomic mass is 16.2. The summed E-state index contributed by atoms with van der Waals surface area (Å²) in [6.45, 7) is 4.53. The smallest absolute Gasteiger partial charge is 0.319 e. The van der Waals surface area contributed by atoms with Crippen LogP contribution in [0.3, 0.4) is 0 Å². The standard InChI is InChI=1S/C27H29N11O/c1-17-30-24(34-26(28)31-17)23-25(32-19-7-6-18-5-4-10-29-21(18)15-19)33-22-9-8-20(16-38(22)23)36-11-13-37(14-12-36)27(39)35(2)3/h4-10,15-16,32H,11-14H2,1-3H3,(H2,28,30,31,34). The fourth-order valence-corrected chi connectivity index (χ4v) is 4.85. The maximum Gasteiger partial charge on any atom is 0.319 e. The first-order chi connectivity index (χ1) is 18.9. The number of urea groups is 1. The number of anilines is 4. The molecule has 0 aliphatic carbocycles. The number of hydrogen-bond acceptors (Lipinski definition) is 9. The van der Waals surface area contributed by atoms with Crippen molar-refractivity contribution in [3.05, 3.63) is 60.7 Å². The Kier molecular flexibility index (Phi) is 6.06. The highest BCUT2D eigenvalue weighted by Gasteiger charge is 2.24. The molecule has 5 heterocycles. The Morgan fingerprint density at radius 2 is 1.82 bits per heavy atom. The van der Waals surface area contributed by atoms with Crippen molar-refractivity contribution < 1.29 is 4.79 Å². The number of aromatic nitrogens is 6. The first-order valence-corrected chi connectivity index (χ1v) is 12.7. The summed E-state index contributed by atoms with van der Waals surface area (Å²) >= 11 is 0. The number of fused-ring (bicyclic) bond motifs is 2.